The van der Waals surface area contributed by atoms with Crippen LogP contribution in [0.2, 0.25) is 0 Å². The quantitative estimate of drug-likeness (QED) is 0.846. The second-order valence-electron chi connectivity index (χ2n) is 5.46. The van der Waals surface area contributed by atoms with Gasteiger partial charge >= 0.3 is 0 Å². The molecule has 0 saturated carbocycles. The predicted octanol–water partition coefficient (Wildman–Crippen LogP) is 1.01. The van der Waals surface area contributed by atoms with Crippen LogP contribution in [-0.2, 0) is 0 Å². The van der Waals surface area contributed by atoms with E-state index in [0.717, 1.165) is 37.4 Å². The zero-order valence-corrected chi connectivity index (χ0v) is 11.3. The van der Waals surface area contributed by atoms with Crippen molar-refractivity contribution in [1.29, 1.82) is 0 Å². The van der Waals surface area contributed by atoms with Crippen molar-refractivity contribution in [3.63, 3.8) is 0 Å². The second kappa shape index (κ2) is 4.77. The van der Waals surface area contributed by atoms with Gasteiger partial charge in [-0.25, -0.2) is 4.98 Å². The van der Waals surface area contributed by atoms with Crippen LogP contribution < -0.4 is 10.9 Å². The maximum absolute atomic E-state index is 12.1. The van der Waals surface area contributed by atoms with Gasteiger partial charge in [-0.1, -0.05) is 13.8 Å². The Morgan fingerprint density at radius 2 is 2.26 bits per heavy atom. The van der Waals surface area contributed by atoms with E-state index in [9.17, 15) is 4.79 Å². The van der Waals surface area contributed by atoms with Crippen LogP contribution >= 0.6 is 0 Å². The minimum absolute atomic E-state index is 0.0787. The molecular weight excluding hydrogens is 242 g/mol. The van der Waals surface area contributed by atoms with Gasteiger partial charge < -0.3 is 5.32 Å². The molecule has 1 aliphatic heterocycles. The van der Waals surface area contributed by atoms with Crippen LogP contribution in [0.5, 0.6) is 0 Å². The molecule has 0 radical (unpaired) electrons. The maximum Gasteiger partial charge on any atom is 0.274 e. The average Bonchev–Trinajstić information content (AvgIpc) is 2.84. The van der Waals surface area contributed by atoms with E-state index in [1.807, 2.05) is 13.8 Å². The Morgan fingerprint density at radius 3 is 2.95 bits per heavy atom. The predicted molar refractivity (Wildman–Crippen MR) is 72.5 cm³/mol. The first kappa shape index (κ1) is 12.3. The van der Waals surface area contributed by atoms with E-state index in [4.69, 9.17) is 0 Å². The van der Waals surface area contributed by atoms with Crippen LogP contribution in [0.3, 0.4) is 0 Å². The standard InChI is InChI=1S/C13H19N5O/c1-8(2)12-16-13-15-10(6-11(19)18(13)17-12)9-4-3-5-14-7-9/h6,8-9,14H,3-5,7H2,1-2H3,(H,15,16,17). The van der Waals surface area contributed by atoms with Gasteiger partial charge in [0, 0.05) is 24.4 Å². The third-order valence-corrected chi connectivity index (χ3v) is 3.63. The first-order valence-electron chi connectivity index (χ1n) is 6.85. The number of hydrogen-bond acceptors (Lipinski definition) is 4. The third-order valence-electron chi connectivity index (χ3n) is 3.63. The van der Waals surface area contributed by atoms with Crippen LogP contribution in [0.15, 0.2) is 10.9 Å². The van der Waals surface area contributed by atoms with Crippen molar-refractivity contribution >= 4 is 5.78 Å². The highest BCUT2D eigenvalue weighted by molar-refractivity contribution is 5.30. The van der Waals surface area contributed by atoms with Gasteiger partial charge in [-0.05, 0) is 19.4 Å². The molecule has 0 aromatic carbocycles. The van der Waals surface area contributed by atoms with Crippen molar-refractivity contribution in [1.82, 2.24) is 24.9 Å². The summed E-state index contributed by atoms with van der Waals surface area (Å²) in [4.78, 5) is 21.1. The molecule has 6 heteroatoms. The Labute approximate surface area is 111 Å². The van der Waals surface area contributed by atoms with E-state index in [2.05, 4.69) is 20.4 Å². The number of H-pyrrole nitrogens is 1. The summed E-state index contributed by atoms with van der Waals surface area (Å²) in [6.07, 6.45) is 2.21. The van der Waals surface area contributed by atoms with Crippen molar-refractivity contribution < 1.29 is 0 Å². The molecular formula is C13H19N5O. The summed E-state index contributed by atoms with van der Waals surface area (Å²) < 4.78 is 1.43. The van der Waals surface area contributed by atoms with Crippen LogP contribution in [0.1, 0.15) is 50.0 Å². The lowest BCUT2D eigenvalue weighted by Gasteiger charge is -2.21. The zero-order chi connectivity index (χ0) is 13.4. The number of aromatic nitrogens is 4. The lowest BCUT2D eigenvalue weighted by atomic mass is 9.96. The molecule has 3 heterocycles. The molecule has 0 spiro atoms. The molecule has 1 atom stereocenters. The highest BCUT2D eigenvalue weighted by Gasteiger charge is 2.19. The van der Waals surface area contributed by atoms with E-state index < -0.39 is 0 Å². The highest BCUT2D eigenvalue weighted by Crippen LogP contribution is 2.20. The monoisotopic (exact) mass is 261 g/mol. The molecule has 1 saturated heterocycles. The molecule has 0 bridgehead atoms. The summed E-state index contributed by atoms with van der Waals surface area (Å²) in [6, 6.07) is 1.63. The maximum atomic E-state index is 12.1. The van der Waals surface area contributed by atoms with E-state index in [0.29, 0.717) is 11.7 Å². The number of rotatable bonds is 2. The Kier molecular flexibility index (Phi) is 3.10. The molecule has 0 aliphatic carbocycles. The van der Waals surface area contributed by atoms with Crippen molar-refractivity contribution in [2.24, 2.45) is 0 Å². The molecule has 6 nitrogen and oxygen atoms in total. The number of nitrogens with zero attached hydrogens (tertiary/aromatic N) is 3. The minimum atomic E-state index is -0.0787. The van der Waals surface area contributed by atoms with E-state index in [-0.39, 0.29) is 11.5 Å². The summed E-state index contributed by atoms with van der Waals surface area (Å²) >= 11 is 0. The summed E-state index contributed by atoms with van der Waals surface area (Å²) in [5.41, 5.74) is 0.781. The summed E-state index contributed by atoms with van der Waals surface area (Å²) in [5, 5.41) is 6.36. The fraction of sp³-hybridized carbons (Fsp3) is 0.615. The van der Waals surface area contributed by atoms with Gasteiger partial charge in [-0.15, -0.1) is 0 Å². The Balaban J connectivity index is 2.05. The Hall–Kier alpha value is -1.69. The van der Waals surface area contributed by atoms with Gasteiger partial charge in [-0.2, -0.15) is 9.50 Å². The third kappa shape index (κ3) is 2.28. The molecule has 2 aromatic rings. The average molecular weight is 261 g/mol. The van der Waals surface area contributed by atoms with E-state index >= 15 is 0 Å². The summed E-state index contributed by atoms with van der Waals surface area (Å²) in [5.74, 6) is 1.85. The number of hydrogen-bond donors (Lipinski definition) is 2. The lowest BCUT2D eigenvalue weighted by molar-refractivity contribution is 0.454. The SMILES string of the molecule is CC(C)c1nc2nc(C3CCCNC3)cc(=O)n2[nH]1. The van der Waals surface area contributed by atoms with Crippen molar-refractivity contribution in [2.45, 2.75) is 38.5 Å². The van der Waals surface area contributed by atoms with Crippen LogP contribution in [0.25, 0.3) is 5.78 Å². The largest absolute Gasteiger partial charge is 0.316 e. The Bertz CT molecular complexity index is 636. The molecule has 2 N–H and O–H groups in total. The summed E-state index contributed by atoms with van der Waals surface area (Å²) in [7, 11) is 0. The zero-order valence-electron chi connectivity index (χ0n) is 11.3. The topological polar surface area (TPSA) is 75.1 Å². The second-order valence-corrected chi connectivity index (χ2v) is 5.46. The van der Waals surface area contributed by atoms with Gasteiger partial charge in [-0.3, -0.25) is 9.89 Å². The van der Waals surface area contributed by atoms with Crippen LogP contribution in [0, 0.1) is 0 Å². The van der Waals surface area contributed by atoms with Crippen LogP contribution in [0.4, 0.5) is 0 Å². The molecule has 3 rings (SSSR count). The van der Waals surface area contributed by atoms with Gasteiger partial charge in [0.05, 0.1) is 5.69 Å². The number of piperidine rings is 1. The molecule has 1 unspecified atom stereocenters. The highest BCUT2D eigenvalue weighted by atomic mass is 16.1. The van der Waals surface area contributed by atoms with Crippen molar-refractivity contribution in [3.8, 4) is 0 Å². The van der Waals surface area contributed by atoms with Gasteiger partial charge in [0.2, 0.25) is 0 Å². The van der Waals surface area contributed by atoms with Crippen molar-refractivity contribution in [3.05, 3.63) is 27.9 Å². The van der Waals surface area contributed by atoms with Gasteiger partial charge in [0.15, 0.2) is 0 Å². The molecule has 0 amide bonds. The Morgan fingerprint density at radius 1 is 1.42 bits per heavy atom. The molecule has 1 aliphatic rings. The molecule has 19 heavy (non-hydrogen) atoms. The van der Waals surface area contributed by atoms with Crippen molar-refractivity contribution in [2.75, 3.05) is 13.1 Å². The smallest absolute Gasteiger partial charge is 0.274 e. The number of aromatic amines is 1. The number of nitrogens with one attached hydrogen (secondary N) is 2. The molecule has 1 fully saturated rings. The fourth-order valence-corrected chi connectivity index (χ4v) is 2.49. The number of fused-ring (bicyclic) bond motifs is 1. The normalized spacial score (nSPS) is 20.3. The van der Waals surface area contributed by atoms with Crippen LogP contribution in [-0.4, -0.2) is 32.7 Å². The first-order valence-corrected chi connectivity index (χ1v) is 6.85. The van der Waals surface area contributed by atoms with Gasteiger partial charge in [0.25, 0.3) is 11.3 Å². The van der Waals surface area contributed by atoms with E-state index in [1.54, 1.807) is 6.07 Å². The van der Waals surface area contributed by atoms with E-state index in [1.165, 1.54) is 4.52 Å². The first-order chi connectivity index (χ1) is 9.15. The lowest BCUT2D eigenvalue weighted by Crippen LogP contribution is -2.30. The molecule has 2 aromatic heterocycles. The minimum Gasteiger partial charge on any atom is -0.316 e. The summed E-state index contributed by atoms with van der Waals surface area (Å²) in [6.45, 7) is 6.02. The molecule has 102 valence electrons. The fourth-order valence-electron chi connectivity index (χ4n) is 2.49. The van der Waals surface area contributed by atoms with Gasteiger partial charge in [0.1, 0.15) is 5.82 Å².